The van der Waals surface area contributed by atoms with Gasteiger partial charge in [-0.3, -0.25) is 4.90 Å². The van der Waals surface area contributed by atoms with Gasteiger partial charge in [0.25, 0.3) is 0 Å². The summed E-state index contributed by atoms with van der Waals surface area (Å²) in [5.74, 6) is 0. The summed E-state index contributed by atoms with van der Waals surface area (Å²) in [7, 11) is 0. The van der Waals surface area contributed by atoms with Crippen molar-refractivity contribution in [3.8, 4) is 0 Å². The van der Waals surface area contributed by atoms with Gasteiger partial charge in [0.05, 0.1) is 11.2 Å². The molecule has 1 heterocycles. The summed E-state index contributed by atoms with van der Waals surface area (Å²) in [6.07, 6.45) is 0. The molecule has 1 aliphatic heterocycles. The van der Waals surface area contributed by atoms with E-state index in [4.69, 9.17) is 28.0 Å². The molecule has 1 fully saturated rings. The first-order chi connectivity index (χ1) is 10.9. The number of carbonyl (C=O) groups excluding carboxylic acids is 1. The lowest BCUT2D eigenvalue weighted by Crippen LogP contribution is -2.44. The lowest BCUT2D eigenvalue weighted by molar-refractivity contribution is 0.0737. The first-order valence-corrected chi connectivity index (χ1v) is 7.91. The highest BCUT2D eigenvalue weighted by molar-refractivity contribution is 6.34. The molecule has 0 saturated carbocycles. The van der Waals surface area contributed by atoms with E-state index in [9.17, 15) is 4.79 Å². The molecular formula is C17H16Cl2N2O2. The molecule has 0 radical (unpaired) electrons. The maximum absolute atomic E-state index is 12.8. The number of benzene rings is 2. The van der Waals surface area contributed by atoms with Gasteiger partial charge in [-0.1, -0.05) is 41.4 Å². The highest BCUT2D eigenvalue weighted by Gasteiger charge is 2.41. The van der Waals surface area contributed by atoms with E-state index in [-0.39, 0.29) is 12.8 Å². The SMILES string of the molecule is CC(C)(c1cc(Cl)cc(Cl)c1)N1CON(c2ccccc2)C1=O. The number of rotatable bonds is 3. The summed E-state index contributed by atoms with van der Waals surface area (Å²) in [5.41, 5.74) is 0.927. The second-order valence-corrected chi connectivity index (χ2v) is 6.69. The van der Waals surface area contributed by atoms with Crippen LogP contribution in [0.4, 0.5) is 10.5 Å². The van der Waals surface area contributed by atoms with Gasteiger partial charge >= 0.3 is 6.03 Å². The third-order valence-corrected chi connectivity index (χ3v) is 4.39. The lowest BCUT2D eigenvalue weighted by atomic mass is 9.93. The Bertz CT molecular complexity index is 714. The zero-order chi connectivity index (χ0) is 16.6. The second kappa shape index (κ2) is 6.04. The van der Waals surface area contributed by atoms with E-state index in [1.165, 1.54) is 5.06 Å². The Morgan fingerprint density at radius 3 is 2.26 bits per heavy atom. The van der Waals surface area contributed by atoms with Crippen molar-refractivity contribution in [2.75, 3.05) is 11.8 Å². The average Bonchev–Trinajstić information content (AvgIpc) is 2.89. The Balaban J connectivity index is 1.91. The van der Waals surface area contributed by atoms with E-state index in [2.05, 4.69) is 0 Å². The van der Waals surface area contributed by atoms with Gasteiger partial charge in [-0.2, -0.15) is 5.06 Å². The molecule has 1 aliphatic rings. The van der Waals surface area contributed by atoms with Crippen molar-refractivity contribution >= 4 is 34.9 Å². The van der Waals surface area contributed by atoms with Gasteiger partial charge in [-0.25, -0.2) is 9.63 Å². The van der Waals surface area contributed by atoms with Crippen LogP contribution in [0.3, 0.4) is 0 Å². The molecule has 0 spiro atoms. The Hall–Kier alpha value is -1.75. The summed E-state index contributed by atoms with van der Waals surface area (Å²) in [6.45, 7) is 4.03. The topological polar surface area (TPSA) is 32.8 Å². The van der Waals surface area contributed by atoms with Crippen molar-refractivity contribution in [2.24, 2.45) is 0 Å². The molecule has 6 heteroatoms. The maximum atomic E-state index is 12.8. The summed E-state index contributed by atoms with van der Waals surface area (Å²) >= 11 is 12.2. The quantitative estimate of drug-likeness (QED) is 0.774. The number of nitrogens with zero attached hydrogens (tertiary/aromatic N) is 2. The molecule has 0 aromatic heterocycles. The van der Waals surface area contributed by atoms with Gasteiger partial charge < -0.3 is 0 Å². The Morgan fingerprint density at radius 1 is 1.04 bits per heavy atom. The monoisotopic (exact) mass is 350 g/mol. The molecule has 1 saturated heterocycles. The van der Waals surface area contributed by atoms with Gasteiger partial charge in [-0.15, -0.1) is 0 Å². The molecule has 0 unspecified atom stereocenters. The molecule has 120 valence electrons. The fourth-order valence-corrected chi connectivity index (χ4v) is 3.07. The normalized spacial score (nSPS) is 15.4. The number of hydrogen-bond acceptors (Lipinski definition) is 2. The van der Waals surface area contributed by atoms with Crippen molar-refractivity contribution in [2.45, 2.75) is 19.4 Å². The minimum Gasteiger partial charge on any atom is -0.287 e. The van der Waals surface area contributed by atoms with E-state index in [1.54, 1.807) is 11.0 Å². The van der Waals surface area contributed by atoms with E-state index in [1.807, 2.05) is 56.3 Å². The van der Waals surface area contributed by atoms with E-state index in [0.717, 1.165) is 5.56 Å². The van der Waals surface area contributed by atoms with Gasteiger partial charge in [0, 0.05) is 10.0 Å². The first kappa shape index (κ1) is 16.1. The number of hydroxylamine groups is 1. The number of anilines is 1. The largest absolute Gasteiger partial charge is 0.351 e. The van der Waals surface area contributed by atoms with Crippen molar-refractivity contribution in [1.82, 2.24) is 4.90 Å². The molecule has 0 atom stereocenters. The molecule has 3 rings (SSSR count). The Labute approximate surface area is 145 Å². The van der Waals surface area contributed by atoms with Gasteiger partial charge in [0.1, 0.15) is 0 Å². The maximum Gasteiger partial charge on any atom is 0.351 e. The molecule has 2 aromatic rings. The highest BCUT2D eigenvalue weighted by Crippen LogP contribution is 2.35. The van der Waals surface area contributed by atoms with Crippen LogP contribution in [0.2, 0.25) is 10.0 Å². The number of carbonyl (C=O) groups is 1. The van der Waals surface area contributed by atoms with Crippen molar-refractivity contribution < 1.29 is 9.63 Å². The number of urea groups is 1. The molecular weight excluding hydrogens is 335 g/mol. The van der Waals surface area contributed by atoms with Crippen LogP contribution in [0.5, 0.6) is 0 Å². The third-order valence-electron chi connectivity index (χ3n) is 3.96. The van der Waals surface area contributed by atoms with Crippen LogP contribution in [0.25, 0.3) is 0 Å². The van der Waals surface area contributed by atoms with Gasteiger partial charge in [0.2, 0.25) is 0 Å². The van der Waals surface area contributed by atoms with Crippen LogP contribution in [-0.4, -0.2) is 17.7 Å². The zero-order valence-electron chi connectivity index (χ0n) is 12.8. The number of amides is 2. The summed E-state index contributed by atoms with van der Waals surface area (Å²) in [4.78, 5) is 20.0. The van der Waals surface area contributed by atoms with E-state index in [0.29, 0.717) is 15.7 Å². The fraction of sp³-hybridized carbons (Fsp3) is 0.235. The zero-order valence-corrected chi connectivity index (χ0v) is 14.3. The molecule has 0 aliphatic carbocycles. The predicted molar refractivity (Wildman–Crippen MR) is 91.6 cm³/mol. The molecule has 4 nitrogen and oxygen atoms in total. The van der Waals surface area contributed by atoms with Crippen LogP contribution in [0.15, 0.2) is 48.5 Å². The van der Waals surface area contributed by atoms with Crippen molar-refractivity contribution in [1.29, 1.82) is 0 Å². The molecule has 2 amide bonds. The lowest BCUT2D eigenvalue weighted by Gasteiger charge is -2.34. The predicted octanol–water partition coefficient (Wildman–Crippen LogP) is 5.06. The second-order valence-electron chi connectivity index (χ2n) is 5.82. The van der Waals surface area contributed by atoms with Crippen molar-refractivity contribution in [3.63, 3.8) is 0 Å². The van der Waals surface area contributed by atoms with Crippen molar-refractivity contribution in [3.05, 3.63) is 64.1 Å². The molecule has 23 heavy (non-hydrogen) atoms. The molecule has 0 N–H and O–H groups in total. The fourth-order valence-electron chi connectivity index (χ4n) is 2.55. The van der Waals surface area contributed by atoms with Gasteiger partial charge in [0.15, 0.2) is 6.73 Å². The number of hydrogen-bond donors (Lipinski definition) is 0. The summed E-state index contributed by atoms with van der Waals surface area (Å²) in [6, 6.07) is 14.3. The highest BCUT2D eigenvalue weighted by atomic mass is 35.5. The van der Waals surface area contributed by atoms with Crippen LogP contribution >= 0.6 is 23.2 Å². The molecule has 2 aromatic carbocycles. The van der Waals surface area contributed by atoms with E-state index < -0.39 is 5.54 Å². The Morgan fingerprint density at radius 2 is 1.65 bits per heavy atom. The Kier molecular flexibility index (Phi) is 4.23. The van der Waals surface area contributed by atoms with Crippen LogP contribution in [0, 0.1) is 0 Å². The third kappa shape index (κ3) is 3.02. The smallest absolute Gasteiger partial charge is 0.287 e. The number of halogens is 2. The van der Waals surface area contributed by atoms with Crippen LogP contribution in [0.1, 0.15) is 19.4 Å². The first-order valence-electron chi connectivity index (χ1n) is 7.16. The molecule has 0 bridgehead atoms. The van der Waals surface area contributed by atoms with Crippen LogP contribution in [-0.2, 0) is 10.4 Å². The standard InChI is InChI=1S/C17H16Cl2N2O2/c1-17(2,12-8-13(18)10-14(19)9-12)20-11-23-21(16(20)22)15-6-4-3-5-7-15/h3-10H,11H2,1-2H3. The minimum absolute atomic E-state index is 0.158. The average molecular weight is 351 g/mol. The van der Waals surface area contributed by atoms with E-state index >= 15 is 0 Å². The van der Waals surface area contributed by atoms with Gasteiger partial charge in [-0.05, 0) is 49.7 Å². The minimum atomic E-state index is -0.616. The number of para-hydroxylation sites is 1. The van der Waals surface area contributed by atoms with Crippen LogP contribution < -0.4 is 5.06 Å². The summed E-state index contributed by atoms with van der Waals surface area (Å²) < 4.78 is 0. The summed E-state index contributed by atoms with van der Waals surface area (Å²) in [5, 5.41) is 2.37.